The Morgan fingerprint density at radius 1 is 0.920 bits per heavy atom. The third kappa shape index (κ3) is 4.55. The molecular weight excluding hydrogens is 316 g/mol. The molecule has 0 aliphatic heterocycles. The lowest BCUT2D eigenvalue weighted by molar-refractivity contribution is -0.152. The van der Waals surface area contributed by atoms with E-state index in [4.69, 9.17) is 9.47 Å². The summed E-state index contributed by atoms with van der Waals surface area (Å²) in [6.07, 6.45) is 0.140. The number of aliphatic hydroxyl groups is 2. The Balaban J connectivity index is 1.69. The Labute approximate surface area is 148 Å². The van der Waals surface area contributed by atoms with Crippen LogP contribution in [0, 0.1) is 0 Å². The minimum Gasteiger partial charge on any atom is -0.387 e. The summed E-state index contributed by atoms with van der Waals surface area (Å²) in [4.78, 5) is 0. The molecule has 1 aliphatic carbocycles. The second-order valence-corrected chi connectivity index (χ2v) is 6.28. The lowest BCUT2D eigenvalue weighted by Gasteiger charge is -2.35. The van der Waals surface area contributed by atoms with E-state index in [0.29, 0.717) is 6.61 Å². The third-order valence-corrected chi connectivity index (χ3v) is 4.42. The van der Waals surface area contributed by atoms with E-state index in [2.05, 4.69) is 0 Å². The van der Waals surface area contributed by atoms with E-state index in [9.17, 15) is 10.2 Å². The van der Waals surface area contributed by atoms with Gasteiger partial charge in [0.05, 0.1) is 12.7 Å². The van der Waals surface area contributed by atoms with Crippen molar-refractivity contribution in [2.45, 2.75) is 44.1 Å². The van der Waals surface area contributed by atoms with E-state index < -0.39 is 24.4 Å². The van der Waals surface area contributed by atoms with Crippen molar-refractivity contribution < 1.29 is 19.7 Å². The largest absolute Gasteiger partial charge is 0.387 e. The van der Waals surface area contributed by atoms with Gasteiger partial charge in [0.15, 0.2) is 0 Å². The van der Waals surface area contributed by atoms with E-state index in [-0.39, 0.29) is 6.10 Å². The highest BCUT2D eigenvalue weighted by Crippen LogP contribution is 2.26. The molecule has 4 heteroatoms. The van der Waals surface area contributed by atoms with Crippen molar-refractivity contribution >= 4 is 0 Å². The number of aliphatic hydroxyl groups excluding tert-OH is 2. The van der Waals surface area contributed by atoms with Crippen molar-refractivity contribution in [3.05, 3.63) is 83.9 Å². The standard InChI is InChI=1S/C21H24O4/c1-15(17-10-6-3-7-11-17)25-19-13-12-18(22)20(23)21(19)24-14-16-8-4-2-5-9-16/h2-13,15,18-23H,14H2,1H3/t15-,18+,19-,20+,21+/m1/s1. The van der Waals surface area contributed by atoms with Gasteiger partial charge in [-0.2, -0.15) is 0 Å². The molecule has 2 aromatic carbocycles. The molecule has 132 valence electrons. The average molecular weight is 340 g/mol. The van der Waals surface area contributed by atoms with Crippen molar-refractivity contribution in [1.29, 1.82) is 0 Å². The monoisotopic (exact) mass is 340 g/mol. The quantitative estimate of drug-likeness (QED) is 0.794. The molecule has 0 amide bonds. The van der Waals surface area contributed by atoms with Crippen LogP contribution in [0.5, 0.6) is 0 Å². The van der Waals surface area contributed by atoms with E-state index >= 15 is 0 Å². The molecule has 2 aromatic rings. The second kappa shape index (κ2) is 8.41. The molecule has 0 saturated heterocycles. The Bertz CT molecular complexity index is 671. The molecule has 5 atom stereocenters. The highest BCUT2D eigenvalue weighted by molar-refractivity contribution is 5.18. The molecule has 0 fully saturated rings. The van der Waals surface area contributed by atoms with Gasteiger partial charge in [-0.15, -0.1) is 0 Å². The van der Waals surface area contributed by atoms with Crippen LogP contribution in [0.4, 0.5) is 0 Å². The van der Waals surface area contributed by atoms with Gasteiger partial charge >= 0.3 is 0 Å². The molecule has 0 radical (unpaired) electrons. The van der Waals surface area contributed by atoms with Crippen LogP contribution in [0.2, 0.25) is 0 Å². The molecule has 3 rings (SSSR count). The first-order chi connectivity index (χ1) is 12.1. The number of rotatable bonds is 6. The minimum absolute atomic E-state index is 0.152. The smallest absolute Gasteiger partial charge is 0.116 e. The molecular formula is C21H24O4. The fraction of sp³-hybridized carbons (Fsp3) is 0.333. The maximum absolute atomic E-state index is 10.4. The van der Waals surface area contributed by atoms with Crippen LogP contribution in [0.1, 0.15) is 24.2 Å². The molecule has 0 spiro atoms. The van der Waals surface area contributed by atoms with E-state index in [1.807, 2.05) is 67.6 Å². The second-order valence-electron chi connectivity index (χ2n) is 6.28. The van der Waals surface area contributed by atoms with Gasteiger partial charge < -0.3 is 19.7 Å². The van der Waals surface area contributed by atoms with E-state index in [1.54, 1.807) is 12.2 Å². The summed E-state index contributed by atoms with van der Waals surface area (Å²) in [5.41, 5.74) is 2.06. The summed E-state index contributed by atoms with van der Waals surface area (Å²) in [6, 6.07) is 19.6. The first-order valence-electron chi connectivity index (χ1n) is 8.55. The molecule has 0 saturated carbocycles. The molecule has 2 N–H and O–H groups in total. The van der Waals surface area contributed by atoms with Gasteiger partial charge in [-0.3, -0.25) is 0 Å². The molecule has 1 aliphatic rings. The SMILES string of the molecule is C[C@@H](O[C@@H]1C=C[C@H](O)[C@H](O)[C@H]1OCc1ccccc1)c1ccccc1. The first-order valence-corrected chi connectivity index (χ1v) is 8.55. The zero-order valence-corrected chi connectivity index (χ0v) is 14.2. The molecule has 0 bridgehead atoms. The number of hydrogen-bond donors (Lipinski definition) is 2. The van der Waals surface area contributed by atoms with Crippen molar-refractivity contribution in [2.24, 2.45) is 0 Å². The Hall–Kier alpha value is -1.98. The summed E-state index contributed by atoms with van der Waals surface area (Å²) in [6.45, 7) is 2.32. The molecule has 4 nitrogen and oxygen atoms in total. The molecule has 0 aromatic heterocycles. The normalized spacial score (nSPS) is 27.2. The van der Waals surface area contributed by atoms with Gasteiger partial charge in [0.2, 0.25) is 0 Å². The fourth-order valence-corrected chi connectivity index (χ4v) is 2.96. The van der Waals surface area contributed by atoms with Crippen LogP contribution in [0.25, 0.3) is 0 Å². The first kappa shape index (κ1) is 17.8. The maximum Gasteiger partial charge on any atom is 0.116 e. The summed E-state index contributed by atoms with van der Waals surface area (Å²) in [5.74, 6) is 0. The topological polar surface area (TPSA) is 58.9 Å². The lowest BCUT2D eigenvalue weighted by Crippen LogP contribution is -2.49. The molecule has 0 unspecified atom stereocenters. The Kier molecular flexibility index (Phi) is 6.00. The summed E-state index contributed by atoms with van der Waals surface area (Å²) in [7, 11) is 0. The third-order valence-electron chi connectivity index (χ3n) is 4.42. The maximum atomic E-state index is 10.4. The highest BCUT2D eigenvalue weighted by atomic mass is 16.6. The number of hydrogen-bond acceptors (Lipinski definition) is 4. The predicted octanol–water partition coefficient (Wildman–Crippen LogP) is 3.01. The van der Waals surface area contributed by atoms with Gasteiger partial charge in [-0.1, -0.05) is 72.8 Å². The van der Waals surface area contributed by atoms with E-state index in [0.717, 1.165) is 11.1 Å². The minimum atomic E-state index is -1.03. The highest BCUT2D eigenvalue weighted by Gasteiger charge is 2.36. The van der Waals surface area contributed by atoms with Crippen molar-refractivity contribution in [1.82, 2.24) is 0 Å². The molecule has 25 heavy (non-hydrogen) atoms. The van der Waals surface area contributed by atoms with Crippen LogP contribution in [0.3, 0.4) is 0 Å². The number of ether oxygens (including phenoxy) is 2. The predicted molar refractivity (Wildman–Crippen MR) is 95.9 cm³/mol. The zero-order valence-electron chi connectivity index (χ0n) is 14.2. The van der Waals surface area contributed by atoms with Crippen LogP contribution in [0.15, 0.2) is 72.8 Å². The van der Waals surface area contributed by atoms with Crippen molar-refractivity contribution in [2.75, 3.05) is 0 Å². The summed E-state index contributed by atoms with van der Waals surface area (Å²) >= 11 is 0. The van der Waals surface area contributed by atoms with Crippen LogP contribution in [-0.4, -0.2) is 34.6 Å². The Morgan fingerprint density at radius 2 is 1.56 bits per heavy atom. The Morgan fingerprint density at radius 3 is 2.24 bits per heavy atom. The van der Waals surface area contributed by atoms with Gasteiger partial charge in [0.1, 0.15) is 24.4 Å². The van der Waals surface area contributed by atoms with Gasteiger partial charge in [0, 0.05) is 0 Å². The molecule has 0 heterocycles. The van der Waals surface area contributed by atoms with Gasteiger partial charge in [-0.05, 0) is 18.1 Å². The average Bonchev–Trinajstić information content (AvgIpc) is 2.66. The summed E-state index contributed by atoms with van der Waals surface area (Å²) < 4.78 is 12.0. The van der Waals surface area contributed by atoms with E-state index in [1.165, 1.54) is 0 Å². The van der Waals surface area contributed by atoms with Crippen LogP contribution >= 0.6 is 0 Å². The van der Waals surface area contributed by atoms with Crippen LogP contribution < -0.4 is 0 Å². The lowest BCUT2D eigenvalue weighted by atomic mass is 9.95. The van der Waals surface area contributed by atoms with Crippen molar-refractivity contribution in [3.8, 4) is 0 Å². The zero-order chi connectivity index (χ0) is 17.6. The van der Waals surface area contributed by atoms with Gasteiger partial charge in [-0.25, -0.2) is 0 Å². The van der Waals surface area contributed by atoms with Crippen LogP contribution in [-0.2, 0) is 16.1 Å². The summed E-state index contributed by atoms with van der Waals surface area (Å²) in [5, 5.41) is 20.3. The fourth-order valence-electron chi connectivity index (χ4n) is 2.96. The number of benzene rings is 2. The van der Waals surface area contributed by atoms with Crippen molar-refractivity contribution in [3.63, 3.8) is 0 Å². The van der Waals surface area contributed by atoms with Gasteiger partial charge in [0.25, 0.3) is 0 Å².